The van der Waals surface area contributed by atoms with Gasteiger partial charge >= 0.3 is 0 Å². The van der Waals surface area contributed by atoms with Crippen molar-refractivity contribution in [3.8, 4) is 0 Å². The van der Waals surface area contributed by atoms with Gasteiger partial charge in [-0.05, 0) is 36.6 Å². The van der Waals surface area contributed by atoms with Crippen LogP contribution in [-0.4, -0.2) is 45.6 Å². The van der Waals surface area contributed by atoms with Gasteiger partial charge in [0.2, 0.25) is 0 Å². The zero-order valence-electron chi connectivity index (χ0n) is 12.6. The lowest BCUT2D eigenvalue weighted by molar-refractivity contribution is -0.00461. The second kappa shape index (κ2) is 6.65. The van der Waals surface area contributed by atoms with Gasteiger partial charge in [0.25, 0.3) is 0 Å². The largest absolute Gasteiger partial charge is 0.377 e. The van der Waals surface area contributed by atoms with Gasteiger partial charge in [-0.2, -0.15) is 0 Å². The van der Waals surface area contributed by atoms with Gasteiger partial charge in [-0.25, -0.2) is 0 Å². The quantitative estimate of drug-likeness (QED) is 0.851. The van der Waals surface area contributed by atoms with Crippen LogP contribution in [0.25, 0.3) is 0 Å². The fourth-order valence-corrected chi connectivity index (χ4v) is 3.35. The smallest absolute Gasteiger partial charge is 0.102 e. The Bertz CT molecular complexity index is 481. The zero-order chi connectivity index (χ0) is 14.8. The molecular weight excluding hydrogens is 332 g/mol. The minimum atomic E-state index is 0.142. The molecule has 0 spiro atoms. The van der Waals surface area contributed by atoms with Crippen LogP contribution in [0.2, 0.25) is 0 Å². The number of rotatable bonds is 6. The summed E-state index contributed by atoms with van der Waals surface area (Å²) in [7, 11) is 3.52. The van der Waals surface area contributed by atoms with E-state index in [0.717, 1.165) is 24.1 Å². The number of benzene rings is 1. The second-order valence-electron chi connectivity index (χ2n) is 5.88. The van der Waals surface area contributed by atoms with E-state index in [4.69, 9.17) is 9.47 Å². The highest BCUT2D eigenvalue weighted by molar-refractivity contribution is 9.10. The predicted octanol–water partition coefficient (Wildman–Crippen LogP) is 2.55. The van der Waals surface area contributed by atoms with E-state index in [1.54, 1.807) is 14.2 Å². The van der Waals surface area contributed by atoms with Crippen LogP contribution in [0.5, 0.6) is 0 Å². The van der Waals surface area contributed by atoms with Crippen molar-refractivity contribution >= 4 is 21.6 Å². The highest BCUT2D eigenvalue weighted by atomic mass is 79.9. The van der Waals surface area contributed by atoms with Crippen LogP contribution >= 0.6 is 15.9 Å². The average molecular weight is 355 g/mol. The Morgan fingerprint density at radius 2 is 1.86 bits per heavy atom. The van der Waals surface area contributed by atoms with Crippen LogP contribution in [0.15, 0.2) is 22.7 Å². The fourth-order valence-electron chi connectivity index (χ4n) is 2.94. The molecule has 0 amide bonds. The van der Waals surface area contributed by atoms with Crippen molar-refractivity contribution in [1.29, 1.82) is 0 Å². The van der Waals surface area contributed by atoms with Gasteiger partial charge in [0, 0.05) is 50.1 Å². The lowest BCUT2D eigenvalue weighted by Gasteiger charge is -2.22. The molecule has 0 aromatic heterocycles. The molecular formula is C16H23BrN2O2. The molecule has 116 valence electrons. The molecule has 2 unspecified atom stereocenters. The normalized spacial score (nSPS) is 25.6. The van der Waals surface area contributed by atoms with Crippen molar-refractivity contribution in [2.24, 2.45) is 0 Å². The number of methoxy groups -OCH3 is 2. The van der Waals surface area contributed by atoms with Gasteiger partial charge in [-0.15, -0.1) is 0 Å². The van der Waals surface area contributed by atoms with Crippen LogP contribution in [0, 0.1) is 0 Å². The molecule has 2 atom stereocenters. The maximum absolute atomic E-state index is 5.55. The first kappa shape index (κ1) is 15.3. The summed E-state index contributed by atoms with van der Waals surface area (Å²) in [5.41, 5.74) is 2.62. The molecule has 0 bridgehead atoms. The molecule has 1 aromatic rings. The van der Waals surface area contributed by atoms with Crippen molar-refractivity contribution < 1.29 is 9.47 Å². The molecule has 2 aliphatic rings. The Hall–Kier alpha value is -0.620. The molecule has 3 rings (SSSR count). The van der Waals surface area contributed by atoms with Crippen LogP contribution in [0.1, 0.15) is 18.4 Å². The van der Waals surface area contributed by atoms with E-state index in [2.05, 4.69) is 44.3 Å². The van der Waals surface area contributed by atoms with E-state index in [-0.39, 0.29) is 12.2 Å². The summed E-state index contributed by atoms with van der Waals surface area (Å²) in [4.78, 5) is 2.37. The molecule has 21 heavy (non-hydrogen) atoms. The van der Waals surface area contributed by atoms with Gasteiger partial charge in [0.15, 0.2) is 0 Å². The number of nitrogens with zero attached hydrogens (tertiary/aromatic N) is 1. The number of nitrogens with one attached hydrogen (secondary N) is 1. The third-order valence-electron chi connectivity index (χ3n) is 4.36. The Kier molecular flexibility index (Phi) is 4.84. The summed E-state index contributed by atoms with van der Waals surface area (Å²) in [6, 6.07) is 7.23. The minimum Gasteiger partial charge on any atom is -0.377 e. The minimum absolute atomic E-state index is 0.142. The number of anilines is 1. The third-order valence-corrected chi connectivity index (χ3v) is 4.85. The van der Waals surface area contributed by atoms with Crippen molar-refractivity contribution in [2.75, 3.05) is 32.2 Å². The molecule has 1 heterocycles. The van der Waals surface area contributed by atoms with E-state index >= 15 is 0 Å². The van der Waals surface area contributed by atoms with Crippen LogP contribution in [0.3, 0.4) is 0 Å². The summed E-state index contributed by atoms with van der Waals surface area (Å²) in [6.45, 7) is 2.69. The number of halogens is 1. The number of ether oxygens (including phenoxy) is 2. The zero-order valence-corrected chi connectivity index (χ0v) is 14.2. The summed E-state index contributed by atoms with van der Waals surface area (Å²) in [5.74, 6) is 0. The number of hydrogen-bond donors (Lipinski definition) is 1. The summed E-state index contributed by atoms with van der Waals surface area (Å²) < 4.78 is 12.2. The number of hydrogen-bond acceptors (Lipinski definition) is 4. The third kappa shape index (κ3) is 3.59. The van der Waals surface area contributed by atoms with Gasteiger partial charge in [0.05, 0.1) is 0 Å². The molecule has 1 aliphatic heterocycles. The van der Waals surface area contributed by atoms with E-state index in [9.17, 15) is 0 Å². The van der Waals surface area contributed by atoms with Crippen LogP contribution in [0.4, 0.5) is 5.69 Å². The van der Waals surface area contributed by atoms with Gasteiger partial charge < -0.3 is 19.7 Å². The maximum atomic E-state index is 5.55. The Labute approximate surface area is 134 Å². The van der Waals surface area contributed by atoms with Crippen molar-refractivity contribution in [3.05, 3.63) is 28.2 Å². The lowest BCUT2D eigenvalue weighted by atomic mass is 10.1. The summed E-state index contributed by atoms with van der Waals surface area (Å²) in [6.07, 6.45) is 2.90. The Balaban J connectivity index is 1.77. The maximum Gasteiger partial charge on any atom is 0.102 e. The molecule has 0 radical (unpaired) electrons. The predicted molar refractivity (Wildman–Crippen MR) is 87.8 cm³/mol. The second-order valence-corrected chi connectivity index (χ2v) is 6.80. The summed E-state index contributed by atoms with van der Waals surface area (Å²) >= 11 is 3.58. The lowest BCUT2D eigenvalue weighted by Crippen LogP contribution is -2.27. The van der Waals surface area contributed by atoms with Crippen LogP contribution in [-0.2, 0) is 16.0 Å². The first-order valence-electron chi connectivity index (χ1n) is 7.53. The van der Waals surface area contributed by atoms with E-state index in [1.165, 1.54) is 24.1 Å². The van der Waals surface area contributed by atoms with Crippen molar-refractivity contribution in [1.82, 2.24) is 5.32 Å². The van der Waals surface area contributed by atoms with Gasteiger partial charge in [-0.3, -0.25) is 0 Å². The van der Waals surface area contributed by atoms with E-state index in [0.29, 0.717) is 6.04 Å². The van der Waals surface area contributed by atoms with E-state index in [1.807, 2.05) is 0 Å². The first-order valence-corrected chi connectivity index (χ1v) is 8.33. The van der Waals surface area contributed by atoms with E-state index < -0.39 is 0 Å². The highest BCUT2D eigenvalue weighted by Gasteiger charge is 2.34. The van der Waals surface area contributed by atoms with Crippen LogP contribution < -0.4 is 10.2 Å². The van der Waals surface area contributed by atoms with Gasteiger partial charge in [-0.1, -0.05) is 15.9 Å². The SMILES string of the molecule is COC1CN(c2ccc(Br)cc2CNC2CC2)CC1OC. The molecule has 1 saturated carbocycles. The molecule has 1 N–H and O–H groups in total. The topological polar surface area (TPSA) is 33.7 Å². The average Bonchev–Trinajstić information content (AvgIpc) is 3.23. The van der Waals surface area contributed by atoms with Gasteiger partial charge in [0.1, 0.15) is 12.2 Å². The van der Waals surface area contributed by atoms with Crippen molar-refractivity contribution in [3.63, 3.8) is 0 Å². The highest BCUT2D eigenvalue weighted by Crippen LogP contribution is 2.30. The fraction of sp³-hybridized carbons (Fsp3) is 0.625. The Morgan fingerprint density at radius 1 is 1.19 bits per heavy atom. The summed E-state index contributed by atoms with van der Waals surface area (Å²) in [5, 5.41) is 3.60. The first-order chi connectivity index (χ1) is 10.2. The molecule has 5 heteroatoms. The molecule has 2 fully saturated rings. The molecule has 1 aliphatic carbocycles. The molecule has 1 aromatic carbocycles. The molecule has 4 nitrogen and oxygen atoms in total. The monoisotopic (exact) mass is 354 g/mol. The Morgan fingerprint density at radius 3 is 2.43 bits per heavy atom. The van der Waals surface area contributed by atoms with Crippen molar-refractivity contribution in [2.45, 2.75) is 37.6 Å². The standard InChI is InChI=1S/C16H23BrN2O2/c1-20-15-9-19(10-16(15)21-2)14-6-3-12(17)7-11(14)8-18-13-4-5-13/h3,6-7,13,15-16,18H,4-5,8-10H2,1-2H3. The molecule has 1 saturated heterocycles.